The number of benzene rings is 2. The summed E-state index contributed by atoms with van der Waals surface area (Å²) in [6, 6.07) is 10.7. The highest BCUT2D eigenvalue weighted by Crippen LogP contribution is 2.32. The van der Waals surface area contributed by atoms with E-state index in [-0.39, 0.29) is 17.1 Å². The molecule has 0 spiro atoms. The summed E-state index contributed by atoms with van der Waals surface area (Å²) in [5.41, 5.74) is -0.528. The largest absolute Gasteiger partial charge is 0.506 e. The van der Waals surface area contributed by atoms with Gasteiger partial charge in [0.1, 0.15) is 11.4 Å². The number of halogens is 3. The molecule has 2 aromatic carbocycles. The average molecular weight is 266 g/mol. The van der Waals surface area contributed by atoms with Crippen molar-refractivity contribution in [3.8, 4) is 5.75 Å². The molecular formula is C13H9F3N2O. The van der Waals surface area contributed by atoms with Crippen molar-refractivity contribution < 1.29 is 18.3 Å². The number of phenols is 1. The van der Waals surface area contributed by atoms with Crippen LogP contribution in [-0.2, 0) is 6.18 Å². The van der Waals surface area contributed by atoms with Crippen LogP contribution >= 0.6 is 0 Å². The van der Waals surface area contributed by atoms with Gasteiger partial charge in [0.2, 0.25) is 0 Å². The summed E-state index contributed by atoms with van der Waals surface area (Å²) < 4.78 is 37.4. The predicted octanol–water partition coefficient (Wildman–Crippen LogP) is 4.83. The Morgan fingerprint density at radius 1 is 0.895 bits per heavy atom. The zero-order chi connectivity index (χ0) is 13.9. The van der Waals surface area contributed by atoms with E-state index in [1.807, 2.05) is 0 Å². The second-order valence-electron chi connectivity index (χ2n) is 3.74. The topological polar surface area (TPSA) is 45.0 Å². The first-order valence-corrected chi connectivity index (χ1v) is 5.34. The number of hydrogen-bond donors (Lipinski definition) is 1. The summed E-state index contributed by atoms with van der Waals surface area (Å²) >= 11 is 0. The van der Waals surface area contributed by atoms with Crippen LogP contribution in [0.1, 0.15) is 5.56 Å². The van der Waals surface area contributed by atoms with Gasteiger partial charge in [-0.05, 0) is 30.3 Å². The fourth-order valence-corrected chi connectivity index (χ4v) is 1.40. The Labute approximate surface area is 107 Å². The van der Waals surface area contributed by atoms with Crippen LogP contribution < -0.4 is 0 Å². The summed E-state index contributed by atoms with van der Waals surface area (Å²) in [5.74, 6) is -0.0850. The third kappa shape index (κ3) is 3.31. The first-order chi connectivity index (χ1) is 8.97. The van der Waals surface area contributed by atoms with E-state index in [0.29, 0.717) is 0 Å². The molecule has 0 aliphatic carbocycles. The molecule has 0 fully saturated rings. The number of alkyl halides is 3. The van der Waals surface area contributed by atoms with Crippen LogP contribution in [0.15, 0.2) is 58.8 Å². The molecule has 0 saturated carbocycles. The van der Waals surface area contributed by atoms with E-state index < -0.39 is 11.7 Å². The Morgan fingerprint density at radius 3 is 2.32 bits per heavy atom. The average Bonchev–Trinajstić information content (AvgIpc) is 2.37. The molecule has 0 bridgehead atoms. The summed E-state index contributed by atoms with van der Waals surface area (Å²) in [6.45, 7) is 0. The molecule has 3 nitrogen and oxygen atoms in total. The van der Waals surface area contributed by atoms with Crippen molar-refractivity contribution in [1.82, 2.24) is 0 Å². The van der Waals surface area contributed by atoms with Gasteiger partial charge >= 0.3 is 6.18 Å². The molecule has 0 amide bonds. The Hall–Kier alpha value is -2.37. The molecule has 0 atom stereocenters. The molecule has 19 heavy (non-hydrogen) atoms. The molecule has 0 aliphatic heterocycles. The van der Waals surface area contributed by atoms with Gasteiger partial charge in [-0.15, -0.1) is 5.11 Å². The molecule has 0 saturated heterocycles. The second kappa shape index (κ2) is 5.09. The lowest BCUT2D eigenvalue weighted by Gasteiger charge is -2.05. The van der Waals surface area contributed by atoms with Crippen molar-refractivity contribution in [3.63, 3.8) is 0 Å². The highest BCUT2D eigenvalue weighted by molar-refractivity contribution is 5.50. The van der Waals surface area contributed by atoms with Crippen molar-refractivity contribution >= 4 is 11.4 Å². The number of phenolic OH excluding ortho intramolecular Hbond substituents is 1. The number of aromatic hydroxyl groups is 1. The van der Waals surface area contributed by atoms with Gasteiger partial charge in [-0.25, -0.2) is 0 Å². The SMILES string of the molecule is Oc1ccccc1/N=N/c1cccc(C(F)(F)F)c1. The predicted molar refractivity (Wildman–Crippen MR) is 63.7 cm³/mol. The van der Waals surface area contributed by atoms with E-state index in [1.165, 1.54) is 24.3 Å². The van der Waals surface area contributed by atoms with Crippen LogP contribution in [0.4, 0.5) is 24.5 Å². The quantitative estimate of drug-likeness (QED) is 0.777. The van der Waals surface area contributed by atoms with E-state index in [9.17, 15) is 18.3 Å². The van der Waals surface area contributed by atoms with E-state index in [1.54, 1.807) is 12.1 Å². The van der Waals surface area contributed by atoms with Gasteiger partial charge in [0.05, 0.1) is 11.3 Å². The summed E-state index contributed by atoms with van der Waals surface area (Å²) in [7, 11) is 0. The van der Waals surface area contributed by atoms with Gasteiger partial charge in [-0.3, -0.25) is 0 Å². The summed E-state index contributed by atoms with van der Waals surface area (Å²) in [6.07, 6.45) is -4.42. The zero-order valence-electron chi connectivity index (χ0n) is 9.59. The second-order valence-corrected chi connectivity index (χ2v) is 3.74. The Bertz CT molecular complexity index is 609. The van der Waals surface area contributed by atoms with Crippen molar-refractivity contribution in [3.05, 3.63) is 54.1 Å². The zero-order valence-corrected chi connectivity index (χ0v) is 9.59. The molecule has 0 radical (unpaired) electrons. The van der Waals surface area contributed by atoms with Crippen LogP contribution in [0, 0.1) is 0 Å². The maximum absolute atomic E-state index is 12.5. The van der Waals surface area contributed by atoms with Gasteiger partial charge in [-0.1, -0.05) is 18.2 Å². The Morgan fingerprint density at radius 2 is 1.63 bits per heavy atom. The maximum atomic E-state index is 12.5. The first-order valence-electron chi connectivity index (χ1n) is 5.34. The van der Waals surface area contributed by atoms with Crippen LogP contribution in [0.5, 0.6) is 5.75 Å². The monoisotopic (exact) mass is 266 g/mol. The maximum Gasteiger partial charge on any atom is 0.416 e. The van der Waals surface area contributed by atoms with Crippen molar-refractivity contribution in [2.45, 2.75) is 6.18 Å². The highest BCUT2D eigenvalue weighted by Gasteiger charge is 2.30. The smallest absolute Gasteiger partial charge is 0.416 e. The molecule has 2 aromatic rings. The van der Waals surface area contributed by atoms with Crippen molar-refractivity contribution in [2.24, 2.45) is 10.2 Å². The van der Waals surface area contributed by atoms with Crippen LogP contribution in [-0.4, -0.2) is 5.11 Å². The number of para-hydroxylation sites is 1. The van der Waals surface area contributed by atoms with E-state index in [2.05, 4.69) is 10.2 Å². The number of azo groups is 1. The molecule has 0 aromatic heterocycles. The normalized spacial score (nSPS) is 11.9. The lowest BCUT2D eigenvalue weighted by Crippen LogP contribution is -2.03. The van der Waals surface area contributed by atoms with E-state index in [4.69, 9.17) is 0 Å². The molecule has 1 N–H and O–H groups in total. The minimum atomic E-state index is -4.42. The minimum absolute atomic E-state index is 0.0677. The molecule has 0 heterocycles. The summed E-state index contributed by atoms with van der Waals surface area (Å²) in [5, 5.41) is 16.8. The van der Waals surface area contributed by atoms with E-state index >= 15 is 0 Å². The number of hydrogen-bond acceptors (Lipinski definition) is 3. The van der Waals surface area contributed by atoms with Crippen molar-refractivity contribution in [1.29, 1.82) is 0 Å². The van der Waals surface area contributed by atoms with Gasteiger partial charge in [-0.2, -0.15) is 18.3 Å². The van der Waals surface area contributed by atoms with Gasteiger partial charge in [0.15, 0.2) is 0 Å². The molecule has 98 valence electrons. The molecule has 6 heteroatoms. The van der Waals surface area contributed by atoms with Gasteiger partial charge in [0.25, 0.3) is 0 Å². The molecule has 2 rings (SSSR count). The van der Waals surface area contributed by atoms with Gasteiger partial charge < -0.3 is 5.11 Å². The fourth-order valence-electron chi connectivity index (χ4n) is 1.40. The summed E-state index contributed by atoms with van der Waals surface area (Å²) in [4.78, 5) is 0. The fraction of sp³-hybridized carbons (Fsp3) is 0.0769. The van der Waals surface area contributed by atoms with Crippen LogP contribution in [0.25, 0.3) is 0 Å². The van der Waals surface area contributed by atoms with Crippen LogP contribution in [0.3, 0.4) is 0 Å². The minimum Gasteiger partial charge on any atom is -0.506 e. The Balaban J connectivity index is 2.27. The van der Waals surface area contributed by atoms with Crippen LogP contribution in [0.2, 0.25) is 0 Å². The number of rotatable bonds is 2. The number of nitrogens with zero attached hydrogens (tertiary/aromatic N) is 2. The first kappa shape index (κ1) is 13.1. The lowest BCUT2D eigenvalue weighted by atomic mass is 10.2. The van der Waals surface area contributed by atoms with Crippen molar-refractivity contribution in [2.75, 3.05) is 0 Å². The lowest BCUT2D eigenvalue weighted by molar-refractivity contribution is -0.137. The van der Waals surface area contributed by atoms with E-state index in [0.717, 1.165) is 12.1 Å². The molecular weight excluding hydrogens is 257 g/mol. The molecule has 0 aliphatic rings. The molecule has 0 unspecified atom stereocenters. The van der Waals surface area contributed by atoms with Gasteiger partial charge in [0, 0.05) is 0 Å². The Kier molecular flexibility index (Phi) is 3.50. The highest BCUT2D eigenvalue weighted by atomic mass is 19.4. The standard InChI is InChI=1S/C13H9F3N2O/c14-13(15,16)9-4-3-5-10(8-9)17-18-11-6-1-2-7-12(11)19/h1-8,19H/b18-17+. The third-order valence-corrected chi connectivity index (χ3v) is 2.33. The third-order valence-electron chi connectivity index (χ3n) is 2.33.